The number of nitrogens with one attached hydrogen (secondary N) is 1. The number of fused-ring (bicyclic) bond motifs is 1. The second kappa shape index (κ2) is 4.49. The van der Waals surface area contributed by atoms with E-state index in [0.717, 1.165) is 20.9 Å². The maximum Gasteiger partial charge on any atom is 0.114 e. The predicted molar refractivity (Wildman–Crippen MR) is 65.2 cm³/mol. The van der Waals surface area contributed by atoms with E-state index in [1.807, 2.05) is 25.3 Å². The lowest BCUT2D eigenvalue weighted by Crippen LogP contribution is -1.82. The minimum atomic E-state index is 0.586. The normalized spacial score (nSPS) is 11.3. The Kier molecular flexibility index (Phi) is 3.06. The van der Waals surface area contributed by atoms with E-state index in [4.69, 9.17) is 4.84 Å². The summed E-state index contributed by atoms with van der Waals surface area (Å²) >= 11 is 3.44. The van der Waals surface area contributed by atoms with Crippen molar-refractivity contribution in [3.05, 3.63) is 34.4 Å². The summed E-state index contributed by atoms with van der Waals surface area (Å²) in [4.78, 5) is 8.10. The van der Waals surface area contributed by atoms with E-state index >= 15 is 0 Å². The van der Waals surface area contributed by atoms with Crippen LogP contribution in [-0.2, 0) is 4.84 Å². The number of halogens is 1. The maximum absolute atomic E-state index is 4.93. The smallest absolute Gasteiger partial charge is 0.114 e. The molecular formula is C11H11BrN2O. The number of benzene rings is 1. The third-order valence-electron chi connectivity index (χ3n) is 2.07. The van der Waals surface area contributed by atoms with E-state index in [-0.39, 0.29) is 0 Å². The van der Waals surface area contributed by atoms with Gasteiger partial charge in [-0.1, -0.05) is 21.1 Å². The molecule has 0 amide bonds. The third kappa shape index (κ3) is 2.21. The molecule has 0 saturated heterocycles. The first-order valence-corrected chi connectivity index (χ1v) is 5.52. The van der Waals surface area contributed by atoms with Crippen LogP contribution < -0.4 is 0 Å². The van der Waals surface area contributed by atoms with Crippen LogP contribution in [0.4, 0.5) is 0 Å². The van der Waals surface area contributed by atoms with E-state index in [0.29, 0.717) is 6.61 Å². The molecule has 0 spiro atoms. The number of aromatic nitrogens is 1. The van der Waals surface area contributed by atoms with Crippen molar-refractivity contribution >= 4 is 33.0 Å². The summed E-state index contributed by atoms with van der Waals surface area (Å²) in [6.45, 7) is 2.49. The lowest BCUT2D eigenvalue weighted by molar-refractivity contribution is 0.160. The number of H-pyrrole nitrogens is 1. The van der Waals surface area contributed by atoms with E-state index in [2.05, 4.69) is 32.1 Å². The van der Waals surface area contributed by atoms with E-state index in [9.17, 15) is 0 Å². The highest BCUT2D eigenvalue weighted by molar-refractivity contribution is 9.10. The maximum atomic E-state index is 4.93. The molecule has 15 heavy (non-hydrogen) atoms. The van der Waals surface area contributed by atoms with Crippen molar-refractivity contribution in [1.29, 1.82) is 0 Å². The molecule has 3 nitrogen and oxygen atoms in total. The van der Waals surface area contributed by atoms with Gasteiger partial charge in [0, 0.05) is 27.1 Å². The van der Waals surface area contributed by atoms with Crippen LogP contribution in [0.1, 0.15) is 12.5 Å². The molecule has 2 aromatic rings. The summed E-state index contributed by atoms with van der Waals surface area (Å²) in [5.74, 6) is 0. The van der Waals surface area contributed by atoms with Crippen molar-refractivity contribution in [3.63, 3.8) is 0 Å². The Morgan fingerprint density at radius 1 is 1.53 bits per heavy atom. The molecule has 0 atom stereocenters. The molecule has 1 N–H and O–H groups in total. The zero-order valence-electron chi connectivity index (χ0n) is 8.33. The fraction of sp³-hybridized carbons (Fsp3) is 0.182. The molecule has 0 fully saturated rings. The first-order chi connectivity index (χ1) is 7.31. The molecular weight excluding hydrogens is 256 g/mol. The number of hydrogen-bond acceptors (Lipinski definition) is 2. The topological polar surface area (TPSA) is 37.4 Å². The van der Waals surface area contributed by atoms with Crippen molar-refractivity contribution in [2.45, 2.75) is 6.92 Å². The van der Waals surface area contributed by atoms with E-state index < -0.39 is 0 Å². The highest BCUT2D eigenvalue weighted by atomic mass is 79.9. The zero-order chi connectivity index (χ0) is 10.7. The first-order valence-electron chi connectivity index (χ1n) is 4.73. The van der Waals surface area contributed by atoms with E-state index in [1.54, 1.807) is 6.21 Å². The summed E-state index contributed by atoms with van der Waals surface area (Å²) in [6, 6.07) is 6.08. The van der Waals surface area contributed by atoms with Crippen LogP contribution in [-0.4, -0.2) is 17.8 Å². The lowest BCUT2D eigenvalue weighted by Gasteiger charge is -1.93. The van der Waals surface area contributed by atoms with Gasteiger partial charge in [0.25, 0.3) is 0 Å². The van der Waals surface area contributed by atoms with Crippen molar-refractivity contribution < 1.29 is 4.84 Å². The average Bonchev–Trinajstić information content (AvgIpc) is 2.62. The van der Waals surface area contributed by atoms with Gasteiger partial charge in [-0.2, -0.15) is 0 Å². The van der Waals surface area contributed by atoms with Crippen LogP contribution >= 0.6 is 15.9 Å². The number of nitrogens with zero attached hydrogens (tertiary/aromatic N) is 1. The molecule has 0 bridgehead atoms. The Balaban J connectivity index is 2.39. The Bertz CT molecular complexity index is 490. The van der Waals surface area contributed by atoms with Crippen LogP contribution in [0.3, 0.4) is 0 Å². The fourth-order valence-electron chi connectivity index (χ4n) is 1.39. The Hall–Kier alpha value is -1.29. The van der Waals surface area contributed by atoms with Crippen molar-refractivity contribution in [3.8, 4) is 0 Å². The molecule has 1 aromatic heterocycles. The molecule has 4 heteroatoms. The van der Waals surface area contributed by atoms with Crippen molar-refractivity contribution in [1.82, 2.24) is 4.98 Å². The third-order valence-corrected chi connectivity index (χ3v) is 2.56. The van der Waals surface area contributed by atoms with Gasteiger partial charge in [0.2, 0.25) is 0 Å². The molecule has 0 saturated carbocycles. The second-order valence-electron chi connectivity index (χ2n) is 3.09. The lowest BCUT2D eigenvalue weighted by atomic mass is 10.2. The monoisotopic (exact) mass is 266 g/mol. The van der Waals surface area contributed by atoms with Gasteiger partial charge in [0.15, 0.2) is 0 Å². The van der Waals surface area contributed by atoms with Gasteiger partial charge in [-0.15, -0.1) is 0 Å². The Morgan fingerprint density at radius 3 is 3.20 bits per heavy atom. The Labute approximate surface area is 96.2 Å². The van der Waals surface area contributed by atoms with Crippen LogP contribution in [0.15, 0.2) is 34.0 Å². The SMILES string of the molecule is CCON=Cc1c[nH]c2ccc(Br)cc12. The minimum Gasteiger partial charge on any atom is -0.396 e. The highest BCUT2D eigenvalue weighted by Crippen LogP contribution is 2.21. The van der Waals surface area contributed by atoms with Crippen LogP contribution in [0.25, 0.3) is 10.9 Å². The predicted octanol–water partition coefficient (Wildman–Crippen LogP) is 3.30. The highest BCUT2D eigenvalue weighted by Gasteiger charge is 2.01. The summed E-state index contributed by atoms with van der Waals surface area (Å²) < 4.78 is 1.06. The van der Waals surface area contributed by atoms with Crippen LogP contribution in [0.2, 0.25) is 0 Å². The van der Waals surface area contributed by atoms with Crippen LogP contribution in [0.5, 0.6) is 0 Å². The summed E-state index contributed by atoms with van der Waals surface area (Å²) in [7, 11) is 0. The number of rotatable bonds is 3. The van der Waals surface area contributed by atoms with Gasteiger partial charge in [-0.25, -0.2) is 0 Å². The minimum absolute atomic E-state index is 0.586. The number of aromatic amines is 1. The molecule has 78 valence electrons. The molecule has 0 aliphatic heterocycles. The fourth-order valence-corrected chi connectivity index (χ4v) is 1.75. The zero-order valence-corrected chi connectivity index (χ0v) is 9.91. The van der Waals surface area contributed by atoms with Gasteiger partial charge in [-0.3, -0.25) is 0 Å². The average molecular weight is 267 g/mol. The Morgan fingerprint density at radius 2 is 2.40 bits per heavy atom. The standard InChI is InChI=1S/C11H11BrN2O/c1-2-15-14-7-8-6-13-11-4-3-9(12)5-10(8)11/h3-7,13H,2H2,1H3. The van der Waals surface area contributed by atoms with Gasteiger partial charge >= 0.3 is 0 Å². The number of hydrogen-bond donors (Lipinski definition) is 1. The molecule has 0 radical (unpaired) electrons. The van der Waals surface area contributed by atoms with Crippen molar-refractivity contribution in [2.24, 2.45) is 5.16 Å². The van der Waals surface area contributed by atoms with Gasteiger partial charge in [-0.05, 0) is 25.1 Å². The summed E-state index contributed by atoms with van der Waals surface area (Å²) in [5.41, 5.74) is 2.12. The first kappa shape index (κ1) is 10.2. The molecule has 0 aliphatic carbocycles. The molecule has 0 unspecified atom stereocenters. The van der Waals surface area contributed by atoms with Crippen LogP contribution in [0, 0.1) is 0 Å². The molecule has 1 heterocycles. The quantitative estimate of drug-likeness (QED) is 0.672. The summed E-state index contributed by atoms with van der Waals surface area (Å²) in [6.07, 6.45) is 3.63. The van der Waals surface area contributed by atoms with Gasteiger partial charge in [0.1, 0.15) is 6.61 Å². The second-order valence-corrected chi connectivity index (χ2v) is 4.00. The number of oxime groups is 1. The van der Waals surface area contributed by atoms with Gasteiger partial charge in [0.05, 0.1) is 6.21 Å². The van der Waals surface area contributed by atoms with Gasteiger partial charge < -0.3 is 9.82 Å². The van der Waals surface area contributed by atoms with Crippen molar-refractivity contribution in [2.75, 3.05) is 6.61 Å². The van der Waals surface area contributed by atoms with E-state index in [1.165, 1.54) is 0 Å². The molecule has 2 rings (SSSR count). The molecule has 1 aromatic carbocycles. The largest absolute Gasteiger partial charge is 0.396 e. The molecule has 0 aliphatic rings. The summed E-state index contributed by atoms with van der Waals surface area (Å²) in [5, 5.41) is 4.98.